The normalized spacial score (nSPS) is 25.3. The Labute approximate surface area is 175 Å². The van der Waals surface area contributed by atoms with E-state index in [1.807, 2.05) is 0 Å². The molecular formula is C18H20O13. The van der Waals surface area contributed by atoms with E-state index in [0.29, 0.717) is 18.4 Å². The Bertz CT molecular complexity index is 660. The highest BCUT2D eigenvalue weighted by atomic mass is 16.8. The summed E-state index contributed by atoms with van der Waals surface area (Å²) in [6, 6.07) is 0. The smallest absolute Gasteiger partial charge is 0.462 e. The van der Waals surface area contributed by atoms with Crippen LogP contribution in [0.1, 0.15) is 12.8 Å². The van der Waals surface area contributed by atoms with Gasteiger partial charge in [-0.3, -0.25) is 0 Å². The number of ether oxygens (including phenoxy) is 8. The standard InChI is InChI=1S/C18H20O13/c1-9(11-6-26-16(21)29-11)2-3-10(4-24-14(19)12-7-27-17(22)30-12)5-25-15(20)13-8-28-18(23)31-13/h10-13H,1-8H2. The van der Waals surface area contributed by atoms with Gasteiger partial charge in [-0.05, 0) is 18.4 Å². The molecule has 13 nitrogen and oxygen atoms in total. The molecule has 0 N–H and O–H groups in total. The Hall–Kier alpha value is -3.51. The average Bonchev–Trinajstić information content (AvgIpc) is 3.48. The van der Waals surface area contributed by atoms with Crippen LogP contribution >= 0.6 is 0 Å². The maximum atomic E-state index is 12.0. The second-order valence-electron chi connectivity index (χ2n) is 6.83. The molecule has 13 heteroatoms. The first-order valence-electron chi connectivity index (χ1n) is 9.33. The maximum absolute atomic E-state index is 12.0. The van der Waals surface area contributed by atoms with Gasteiger partial charge in [-0.2, -0.15) is 0 Å². The Morgan fingerprint density at radius 2 is 1.23 bits per heavy atom. The van der Waals surface area contributed by atoms with Gasteiger partial charge in [0.25, 0.3) is 0 Å². The third-order valence-corrected chi connectivity index (χ3v) is 4.55. The van der Waals surface area contributed by atoms with E-state index in [0.717, 1.165) is 0 Å². The van der Waals surface area contributed by atoms with Crippen LogP contribution < -0.4 is 0 Å². The van der Waals surface area contributed by atoms with Gasteiger partial charge in [0.15, 0.2) is 6.10 Å². The Balaban J connectivity index is 1.49. The number of carbonyl (C=O) groups is 5. The van der Waals surface area contributed by atoms with E-state index in [2.05, 4.69) is 25.5 Å². The van der Waals surface area contributed by atoms with Gasteiger partial charge >= 0.3 is 30.4 Å². The van der Waals surface area contributed by atoms with Crippen molar-refractivity contribution in [3.63, 3.8) is 0 Å². The quantitative estimate of drug-likeness (QED) is 0.262. The van der Waals surface area contributed by atoms with Gasteiger partial charge in [-0.1, -0.05) is 6.58 Å². The number of esters is 2. The molecule has 3 fully saturated rings. The van der Waals surface area contributed by atoms with Crippen molar-refractivity contribution >= 4 is 30.4 Å². The van der Waals surface area contributed by atoms with Gasteiger partial charge < -0.3 is 37.9 Å². The number of rotatable bonds is 10. The van der Waals surface area contributed by atoms with Crippen LogP contribution in [0.25, 0.3) is 0 Å². The highest BCUT2D eigenvalue weighted by Gasteiger charge is 2.35. The molecule has 3 saturated heterocycles. The summed E-state index contributed by atoms with van der Waals surface area (Å²) in [5.41, 5.74) is 0.574. The lowest BCUT2D eigenvalue weighted by Gasteiger charge is -2.19. The molecule has 170 valence electrons. The molecule has 3 unspecified atom stereocenters. The number of cyclic esters (lactones) is 6. The number of hydrogen-bond donors (Lipinski definition) is 0. The van der Waals surface area contributed by atoms with Crippen molar-refractivity contribution < 1.29 is 61.9 Å². The van der Waals surface area contributed by atoms with Gasteiger partial charge in [-0.25, -0.2) is 24.0 Å². The lowest BCUT2D eigenvalue weighted by molar-refractivity contribution is -0.157. The van der Waals surface area contributed by atoms with Gasteiger partial charge in [-0.15, -0.1) is 0 Å². The fourth-order valence-corrected chi connectivity index (χ4v) is 2.77. The zero-order chi connectivity index (χ0) is 22.4. The number of hydrogen-bond acceptors (Lipinski definition) is 13. The topological polar surface area (TPSA) is 159 Å². The summed E-state index contributed by atoms with van der Waals surface area (Å²) >= 11 is 0. The lowest BCUT2D eigenvalue weighted by Crippen LogP contribution is -2.31. The van der Waals surface area contributed by atoms with Crippen molar-refractivity contribution in [3.8, 4) is 0 Å². The Morgan fingerprint density at radius 3 is 1.61 bits per heavy atom. The van der Waals surface area contributed by atoms with Crippen LogP contribution in [-0.2, 0) is 47.5 Å². The minimum atomic E-state index is -1.17. The van der Waals surface area contributed by atoms with Crippen molar-refractivity contribution in [2.75, 3.05) is 33.0 Å². The lowest BCUT2D eigenvalue weighted by atomic mass is 9.99. The molecule has 31 heavy (non-hydrogen) atoms. The molecule has 0 aromatic carbocycles. The van der Waals surface area contributed by atoms with E-state index >= 15 is 0 Å². The van der Waals surface area contributed by atoms with E-state index < -0.39 is 54.6 Å². The molecule has 0 aromatic heterocycles. The van der Waals surface area contributed by atoms with Crippen molar-refractivity contribution in [1.82, 2.24) is 0 Å². The first-order chi connectivity index (χ1) is 14.8. The SMILES string of the molecule is C=C(CCC(COC(=O)C1COC(=O)O1)COC(=O)C1COC(=O)O1)C1COC(=O)O1. The van der Waals surface area contributed by atoms with Gasteiger partial charge in [0.1, 0.15) is 19.8 Å². The van der Waals surface area contributed by atoms with Crippen LogP contribution in [0, 0.1) is 5.92 Å². The van der Waals surface area contributed by atoms with Crippen molar-refractivity contribution in [1.29, 1.82) is 0 Å². The second-order valence-corrected chi connectivity index (χ2v) is 6.83. The van der Waals surface area contributed by atoms with Crippen LogP contribution in [0.2, 0.25) is 0 Å². The zero-order valence-corrected chi connectivity index (χ0v) is 16.3. The van der Waals surface area contributed by atoms with E-state index in [1.165, 1.54) is 0 Å². The molecule has 3 atom stereocenters. The monoisotopic (exact) mass is 444 g/mol. The first kappa shape index (κ1) is 22.2. The molecule has 3 heterocycles. The molecule has 0 aliphatic carbocycles. The van der Waals surface area contributed by atoms with Crippen molar-refractivity contribution in [2.24, 2.45) is 5.92 Å². The highest BCUT2D eigenvalue weighted by molar-refractivity contribution is 5.80. The minimum absolute atomic E-state index is 0.0480. The van der Waals surface area contributed by atoms with Crippen LogP contribution in [0.3, 0.4) is 0 Å². The summed E-state index contributed by atoms with van der Waals surface area (Å²) in [4.78, 5) is 56.9. The zero-order valence-electron chi connectivity index (χ0n) is 16.3. The summed E-state index contributed by atoms with van der Waals surface area (Å²) in [6.07, 6.45) is -4.96. The number of carbonyl (C=O) groups excluding carboxylic acids is 5. The van der Waals surface area contributed by atoms with Crippen LogP contribution in [0.15, 0.2) is 12.2 Å². The summed E-state index contributed by atoms with van der Waals surface area (Å²) < 4.78 is 38.3. The van der Waals surface area contributed by atoms with E-state index in [-0.39, 0.29) is 33.0 Å². The summed E-state index contributed by atoms with van der Waals surface area (Å²) in [6.45, 7) is 3.05. The van der Waals surface area contributed by atoms with Crippen molar-refractivity contribution in [3.05, 3.63) is 12.2 Å². The average molecular weight is 444 g/mol. The highest BCUT2D eigenvalue weighted by Crippen LogP contribution is 2.21. The maximum Gasteiger partial charge on any atom is 0.509 e. The molecule has 3 rings (SSSR count). The predicted octanol–water partition coefficient (Wildman–Crippen LogP) is 0.632. The molecule has 3 aliphatic rings. The fraction of sp³-hybridized carbons (Fsp3) is 0.611. The molecule has 0 saturated carbocycles. The van der Waals surface area contributed by atoms with E-state index in [9.17, 15) is 24.0 Å². The summed E-state index contributed by atoms with van der Waals surface area (Å²) in [5, 5.41) is 0. The third-order valence-electron chi connectivity index (χ3n) is 4.55. The van der Waals surface area contributed by atoms with Gasteiger partial charge in [0.05, 0.1) is 13.2 Å². The minimum Gasteiger partial charge on any atom is -0.462 e. The van der Waals surface area contributed by atoms with Gasteiger partial charge in [0, 0.05) is 5.92 Å². The Morgan fingerprint density at radius 1 is 0.806 bits per heavy atom. The van der Waals surface area contributed by atoms with Crippen LogP contribution in [0.5, 0.6) is 0 Å². The van der Waals surface area contributed by atoms with Crippen LogP contribution in [0.4, 0.5) is 14.4 Å². The molecular weight excluding hydrogens is 424 g/mol. The molecule has 0 spiro atoms. The predicted molar refractivity (Wildman–Crippen MR) is 92.4 cm³/mol. The van der Waals surface area contributed by atoms with E-state index in [4.69, 9.17) is 18.9 Å². The summed E-state index contributed by atoms with van der Waals surface area (Å²) in [7, 11) is 0. The summed E-state index contributed by atoms with van der Waals surface area (Å²) in [5.74, 6) is -2.10. The molecule has 0 radical (unpaired) electrons. The molecule has 3 aliphatic heterocycles. The third kappa shape index (κ3) is 6.23. The van der Waals surface area contributed by atoms with Crippen LogP contribution in [-0.4, -0.2) is 81.8 Å². The first-order valence-corrected chi connectivity index (χ1v) is 9.33. The Kier molecular flexibility index (Phi) is 7.15. The molecule has 0 amide bonds. The van der Waals surface area contributed by atoms with E-state index in [1.54, 1.807) is 0 Å². The second kappa shape index (κ2) is 10.00. The molecule has 0 aromatic rings. The van der Waals surface area contributed by atoms with Crippen molar-refractivity contribution in [2.45, 2.75) is 31.2 Å². The largest absolute Gasteiger partial charge is 0.509 e. The molecule has 0 bridgehead atoms. The van der Waals surface area contributed by atoms with Gasteiger partial charge in [0.2, 0.25) is 12.2 Å². The fourth-order valence-electron chi connectivity index (χ4n) is 2.77.